The molecule has 1 heterocycles. The van der Waals surface area contributed by atoms with Crippen molar-refractivity contribution < 1.29 is 14.6 Å². The number of hydrogen-bond donors (Lipinski definition) is 2. The van der Waals surface area contributed by atoms with Crippen LogP contribution in [-0.2, 0) is 21.5 Å². The highest BCUT2D eigenvalue weighted by Crippen LogP contribution is 2.35. The molecule has 4 nitrogen and oxygen atoms in total. The molecule has 2 atom stereocenters. The molecule has 0 bridgehead atoms. The zero-order valence-corrected chi connectivity index (χ0v) is 11.6. The van der Waals surface area contributed by atoms with Gasteiger partial charge in [-0.2, -0.15) is 0 Å². The highest BCUT2D eigenvalue weighted by molar-refractivity contribution is 5.81. The highest BCUT2D eigenvalue weighted by atomic mass is 16.5. The van der Waals surface area contributed by atoms with Crippen molar-refractivity contribution >= 4 is 5.97 Å². The summed E-state index contributed by atoms with van der Waals surface area (Å²) in [5.74, 6) is -0.775. The second-order valence-corrected chi connectivity index (χ2v) is 5.74. The maximum atomic E-state index is 11.9. The fourth-order valence-electron chi connectivity index (χ4n) is 3.41. The molecule has 1 aliphatic heterocycles. The van der Waals surface area contributed by atoms with Crippen LogP contribution in [0.3, 0.4) is 0 Å². The van der Waals surface area contributed by atoms with Gasteiger partial charge in [-0.25, -0.2) is 4.79 Å². The summed E-state index contributed by atoms with van der Waals surface area (Å²) in [5.41, 5.74) is 1.14. The van der Waals surface area contributed by atoms with Crippen molar-refractivity contribution in [2.75, 3.05) is 13.2 Å². The van der Waals surface area contributed by atoms with Crippen LogP contribution < -0.4 is 5.32 Å². The Morgan fingerprint density at radius 1 is 1.40 bits per heavy atom. The number of benzene rings is 1. The smallest absolute Gasteiger partial charge is 0.328 e. The van der Waals surface area contributed by atoms with Crippen molar-refractivity contribution in [3.63, 3.8) is 0 Å². The minimum Gasteiger partial charge on any atom is -0.480 e. The Morgan fingerprint density at radius 2 is 2.25 bits per heavy atom. The molecule has 1 aromatic carbocycles. The van der Waals surface area contributed by atoms with Gasteiger partial charge in [0.05, 0.1) is 6.10 Å². The SMILES string of the molecule is O=C(O)C1(NCC2CCCO2)CCCc2ccccc21. The number of hydrogen-bond acceptors (Lipinski definition) is 3. The largest absolute Gasteiger partial charge is 0.480 e. The molecule has 1 aromatic rings. The van der Waals surface area contributed by atoms with E-state index in [1.165, 1.54) is 0 Å². The predicted molar refractivity (Wildman–Crippen MR) is 75.7 cm³/mol. The first-order valence-electron chi connectivity index (χ1n) is 7.41. The van der Waals surface area contributed by atoms with Gasteiger partial charge in [0.15, 0.2) is 0 Å². The van der Waals surface area contributed by atoms with Crippen LogP contribution in [0, 0.1) is 0 Å². The molecular weight excluding hydrogens is 254 g/mol. The van der Waals surface area contributed by atoms with Crippen molar-refractivity contribution in [3.05, 3.63) is 35.4 Å². The lowest BCUT2D eigenvalue weighted by Crippen LogP contribution is -2.53. The van der Waals surface area contributed by atoms with Gasteiger partial charge in [-0.15, -0.1) is 0 Å². The summed E-state index contributed by atoms with van der Waals surface area (Å²) in [6.07, 6.45) is 4.76. The van der Waals surface area contributed by atoms with E-state index in [4.69, 9.17) is 4.74 Å². The van der Waals surface area contributed by atoms with Crippen molar-refractivity contribution in [1.29, 1.82) is 0 Å². The minimum atomic E-state index is -0.944. The predicted octanol–water partition coefficient (Wildman–Crippen LogP) is 2.07. The molecular formula is C16H21NO3. The fraction of sp³-hybridized carbons (Fsp3) is 0.562. The van der Waals surface area contributed by atoms with E-state index >= 15 is 0 Å². The number of carbonyl (C=O) groups is 1. The van der Waals surface area contributed by atoms with Gasteiger partial charge in [-0.3, -0.25) is 5.32 Å². The maximum absolute atomic E-state index is 11.9. The van der Waals surface area contributed by atoms with Crippen LogP contribution in [0.2, 0.25) is 0 Å². The Morgan fingerprint density at radius 3 is 3.00 bits per heavy atom. The van der Waals surface area contributed by atoms with E-state index in [1.54, 1.807) is 0 Å². The third-order valence-corrected chi connectivity index (χ3v) is 4.50. The molecule has 1 fully saturated rings. The van der Waals surface area contributed by atoms with E-state index in [2.05, 4.69) is 5.32 Å². The van der Waals surface area contributed by atoms with E-state index in [0.29, 0.717) is 13.0 Å². The summed E-state index contributed by atoms with van der Waals surface area (Å²) in [7, 11) is 0. The van der Waals surface area contributed by atoms with E-state index < -0.39 is 11.5 Å². The van der Waals surface area contributed by atoms with Gasteiger partial charge in [-0.1, -0.05) is 24.3 Å². The lowest BCUT2D eigenvalue weighted by atomic mass is 9.76. The third kappa shape index (κ3) is 2.34. The molecule has 1 saturated heterocycles. The van der Waals surface area contributed by atoms with Crippen molar-refractivity contribution in [1.82, 2.24) is 5.32 Å². The standard InChI is InChI=1S/C16H21NO3/c18-15(19)16(17-11-13-7-4-10-20-13)9-3-6-12-5-1-2-8-14(12)16/h1-2,5,8,13,17H,3-4,6-7,9-11H2,(H,18,19). The number of nitrogens with one attached hydrogen (secondary N) is 1. The minimum absolute atomic E-state index is 0.153. The van der Waals surface area contributed by atoms with Crippen LogP contribution in [0.25, 0.3) is 0 Å². The van der Waals surface area contributed by atoms with Crippen molar-refractivity contribution in [2.45, 2.75) is 43.7 Å². The lowest BCUT2D eigenvalue weighted by Gasteiger charge is -2.37. The Labute approximate surface area is 119 Å². The Bertz CT molecular complexity index is 496. The first-order chi connectivity index (χ1) is 9.72. The van der Waals surface area contributed by atoms with Gasteiger partial charge in [0.2, 0.25) is 0 Å². The van der Waals surface area contributed by atoms with Crippen LogP contribution in [0.4, 0.5) is 0 Å². The topological polar surface area (TPSA) is 58.6 Å². The Hall–Kier alpha value is -1.39. The summed E-state index contributed by atoms with van der Waals surface area (Å²) in [5, 5.41) is 13.1. The van der Waals surface area contributed by atoms with Crippen LogP contribution >= 0.6 is 0 Å². The summed E-state index contributed by atoms with van der Waals surface area (Å²) >= 11 is 0. The zero-order valence-electron chi connectivity index (χ0n) is 11.6. The molecule has 3 rings (SSSR count). The normalized spacial score (nSPS) is 29.1. The van der Waals surface area contributed by atoms with Crippen LogP contribution in [0.5, 0.6) is 0 Å². The molecule has 20 heavy (non-hydrogen) atoms. The molecule has 0 aromatic heterocycles. The molecule has 4 heteroatoms. The average Bonchev–Trinajstić information content (AvgIpc) is 2.98. The number of rotatable bonds is 4. The second-order valence-electron chi connectivity index (χ2n) is 5.74. The summed E-state index contributed by atoms with van der Waals surface area (Å²) in [6.45, 7) is 1.41. The monoisotopic (exact) mass is 275 g/mol. The highest BCUT2D eigenvalue weighted by Gasteiger charge is 2.43. The molecule has 2 aliphatic rings. The lowest BCUT2D eigenvalue weighted by molar-refractivity contribution is -0.146. The van der Waals surface area contributed by atoms with Gasteiger partial charge in [0.1, 0.15) is 5.54 Å². The maximum Gasteiger partial charge on any atom is 0.328 e. The van der Waals surface area contributed by atoms with E-state index in [0.717, 1.165) is 43.4 Å². The third-order valence-electron chi connectivity index (χ3n) is 4.50. The number of carboxylic acid groups (broad SMARTS) is 1. The fourth-order valence-corrected chi connectivity index (χ4v) is 3.41. The zero-order chi connectivity index (χ0) is 14.0. The van der Waals surface area contributed by atoms with E-state index in [9.17, 15) is 9.90 Å². The van der Waals surface area contributed by atoms with Crippen molar-refractivity contribution in [2.24, 2.45) is 0 Å². The van der Waals surface area contributed by atoms with E-state index in [1.807, 2.05) is 24.3 Å². The van der Waals surface area contributed by atoms with Gasteiger partial charge in [0, 0.05) is 13.2 Å². The molecule has 2 N–H and O–H groups in total. The molecule has 108 valence electrons. The Kier molecular flexibility index (Phi) is 3.76. The number of fused-ring (bicyclic) bond motifs is 1. The molecule has 0 radical (unpaired) electrons. The van der Waals surface area contributed by atoms with Gasteiger partial charge in [-0.05, 0) is 43.2 Å². The number of aliphatic carboxylic acids is 1. The summed E-state index contributed by atoms with van der Waals surface area (Å²) in [4.78, 5) is 11.9. The number of aryl methyl sites for hydroxylation is 1. The first-order valence-corrected chi connectivity index (χ1v) is 7.41. The molecule has 1 aliphatic carbocycles. The molecule has 2 unspecified atom stereocenters. The van der Waals surface area contributed by atoms with Gasteiger partial charge < -0.3 is 9.84 Å². The van der Waals surface area contributed by atoms with Crippen molar-refractivity contribution in [3.8, 4) is 0 Å². The first kappa shape index (κ1) is 13.6. The summed E-state index contributed by atoms with van der Waals surface area (Å²) < 4.78 is 5.60. The summed E-state index contributed by atoms with van der Waals surface area (Å²) in [6, 6.07) is 7.90. The molecule has 0 spiro atoms. The Balaban J connectivity index is 1.86. The van der Waals surface area contributed by atoms with Crippen LogP contribution in [0.1, 0.15) is 36.8 Å². The molecule has 0 amide bonds. The molecule has 0 saturated carbocycles. The quantitative estimate of drug-likeness (QED) is 0.883. The van der Waals surface area contributed by atoms with Gasteiger partial charge >= 0.3 is 5.97 Å². The number of ether oxygens (including phenoxy) is 1. The van der Waals surface area contributed by atoms with E-state index in [-0.39, 0.29) is 6.10 Å². The number of carboxylic acids is 1. The van der Waals surface area contributed by atoms with Crippen LogP contribution in [-0.4, -0.2) is 30.3 Å². The average molecular weight is 275 g/mol. The second kappa shape index (κ2) is 5.54. The van der Waals surface area contributed by atoms with Gasteiger partial charge in [0.25, 0.3) is 0 Å². The van der Waals surface area contributed by atoms with Crippen LogP contribution in [0.15, 0.2) is 24.3 Å².